The predicted molar refractivity (Wildman–Crippen MR) is 136 cm³/mol. The molecule has 1 fully saturated rings. The lowest BCUT2D eigenvalue weighted by Crippen LogP contribution is -2.40. The molecule has 33 heavy (non-hydrogen) atoms. The number of imide groups is 1. The van der Waals surface area contributed by atoms with Gasteiger partial charge >= 0.3 is 0 Å². The van der Waals surface area contributed by atoms with Crippen molar-refractivity contribution < 1.29 is 14.4 Å². The maximum absolute atomic E-state index is 11.8. The monoisotopic (exact) mass is 452 g/mol. The molecule has 0 radical (unpaired) electrons. The second-order valence-electron chi connectivity index (χ2n) is 7.84. The molecule has 1 aliphatic rings. The number of nitrogens with one attached hydrogen (secondary N) is 1. The lowest BCUT2D eigenvalue weighted by molar-refractivity contribution is -0.136. The number of carbonyl (C=O) groups excluding carboxylic acids is 3. The fourth-order valence-electron chi connectivity index (χ4n) is 3.16. The van der Waals surface area contributed by atoms with Crippen LogP contribution >= 0.6 is 0 Å². The third kappa shape index (κ3) is 16.4. The minimum Gasteiger partial charge on any atom is -0.333 e. The highest BCUT2D eigenvalue weighted by Crippen LogP contribution is 2.08. The molecule has 0 aromatic carbocycles. The summed E-state index contributed by atoms with van der Waals surface area (Å²) in [5.41, 5.74) is 0. The van der Waals surface area contributed by atoms with E-state index in [1.807, 2.05) is 12.2 Å². The van der Waals surface area contributed by atoms with Crippen LogP contribution in [0.1, 0.15) is 71.1 Å². The second kappa shape index (κ2) is 19.7. The zero-order chi connectivity index (χ0) is 24.0. The summed E-state index contributed by atoms with van der Waals surface area (Å²) < 4.78 is 0. The van der Waals surface area contributed by atoms with Crippen molar-refractivity contribution >= 4 is 17.7 Å². The van der Waals surface area contributed by atoms with Crippen molar-refractivity contribution in [3.8, 4) is 0 Å². The van der Waals surface area contributed by atoms with Gasteiger partial charge in [0.05, 0.1) is 6.54 Å². The number of rotatable bonds is 16. The summed E-state index contributed by atoms with van der Waals surface area (Å²) in [5, 5.41) is 2.35. The third-order valence-electron chi connectivity index (χ3n) is 4.92. The van der Waals surface area contributed by atoms with Crippen molar-refractivity contribution in [1.82, 2.24) is 10.2 Å². The summed E-state index contributed by atoms with van der Waals surface area (Å²) in [7, 11) is 0. The zero-order valence-corrected chi connectivity index (χ0v) is 20.1. The maximum atomic E-state index is 11.8. The van der Waals surface area contributed by atoms with E-state index in [2.05, 4.69) is 73.0 Å². The second-order valence-corrected chi connectivity index (χ2v) is 7.84. The van der Waals surface area contributed by atoms with E-state index in [9.17, 15) is 14.4 Å². The first kappa shape index (κ1) is 28.1. The fraction of sp³-hybridized carbons (Fsp3) is 0.464. The van der Waals surface area contributed by atoms with Crippen molar-refractivity contribution in [3.63, 3.8) is 0 Å². The van der Waals surface area contributed by atoms with E-state index in [-0.39, 0.29) is 24.8 Å². The van der Waals surface area contributed by atoms with Gasteiger partial charge in [-0.25, -0.2) is 0 Å². The molecule has 1 heterocycles. The van der Waals surface area contributed by atoms with Gasteiger partial charge in [-0.1, -0.05) is 79.8 Å². The molecule has 0 unspecified atom stereocenters. The average Bonchev–Trinajstić information content (AvgIpc) is 3.19. The van der Waals surface area contributed by atoms with Gasteiger partial charge in [0, 0.05) is 19.4 Å². The predicted octanol–water partition coefficient (Wildman–Crippen LogP) is 5.73. The van der Waals surface area contributed by atoms with Gasteiger partial charge in [-0.15, -0.1) is 0 Å². The van der Waals surface area contributed by atoms with Crippen LogP contribution in [0.15, 0.2) is 72.9 Å². The molecular formula is C28H40N2O3. The van der Waals surface area contributed by atoms with Crippen molar-refractivity contribution in [2.45, 2.75) is 71.1 Å². The van der Waals surface area contributed by atoms with Crippen molar-refractivity contribution in [3.05, 3.63) is 72.9 Å². The normalized spacial score (nSPS) is 15.1. The molecular weight excluding hydrogens is 412 g/mol. The van der Waals surface area contributed by atoms with E-state index in [1.165, 1.54) is 4.90 Å². The van der Waals surface area contributed by atoms with Gasteiger partial charge < -0.3 is 4.90 Å². The van der Waals surface area contributed by atoms with Gasteiger partial charge in [0.1, 0.15) is 0 Å². The number of hydrogen-bond donors (Lipinski definition) is 1. The molecule has 1 N–H and O–H groups in total. The minimum atomic E-state index is -0.405. The number of allylic oxidation sites excluding steroid dienone is 12. The standard InChI is InChI=1S/C28H40N2O3/c1-2-3-4-5-6-7-8-9-10-11-12-13-14-15-16-17-18-19-20-22-26(31)29-27(32)25-30-24-21-23-28(30)33/h3-4,6-7,9-10,12-13,15-16,18-19H,2,5,8,11,14,17,20-25H2,1H3,(H,29,31,32). The summed E-state index contributed by atoms with van der Waals surface area (Å²) in [4.78, 5) is 36.6. The number of nitrogens with zero attached hydrogens (tertiary/aromatic N) is 1. The molecule has 0 aromatic heterocycles. The Balaban J connectivity index is 1.99. The third-order valence-corrected chi connectivity index (χ3v) is 4.92. The lowest BCUT2D eigenvalue weighted by Gasteiger charge is -2.14. The summed E-state index contributed by atoms with van der Waals surface area (Å²) in [6.07, 6.45) is 33.6. The molecule has 1 rings (SSSR count). The van der Waals surface area contributed by atoms with Crippen LogP contribution < -0.4 is 5.32 Å². The van der Waals surface area contributed by atoms with E-state index < -0.39 is 5.91 Å². The Labute approximate surface area is 199 Å². The van der Waals surface area contributed by atoms with Crippen LogP contribution in [-0.4, -0.2) is 35.7 Å². The van der Waals surface area contributed by atoms with Gasteiger partial charge in [-0.2, -0.15) is 0 Å². The number of amides is 3. The van der Waals surface area contributed by atoms with Crippen LogP contribution in [0.5, 0.6) is 0 Å². The van der Waals surface area contributed by atoms with Crippen molar-refractivity contribution in [1.29, 1.82) is 0 Å². The van der Waals surface area contributed by atoms with E-state index in [0.717, 1.165) is 44.9 Å². The molecule has 180 valence electrons. The Morgan fingerprint density at radius 2 is 1.24 bits per heavy atom. The molecule has 0 aromatic rings. The summed E-state index contributed by atoms with van der Waals surface area (Å²) >= 11 is 0. The van der Waals surface area contributed by atoms with Crippen LogP contribution in [0, 0.1) is 0 Å². The van der Waals surface area contributed by atoms with Crippen LogP contribution in [0.4, 0.5) is 0 Å². The highest BCUT2D eigenvalue weighted by Gasteiger charge is 2.22. The Morgan fingerprint density at radius 3 is 1.70 bits per heavy atom. The number of likely N-dealkylation sites (tertiary alicyclic amines) is 1. The van der Waals surface area contributed by atoms with E-state index in [1.54, 1.807) is 0 Å². The Kier molecular flexibility index (Phi) is 16.8. The quantitative estimate of drug-likeness (QED) is 0.304. The smallest absolute Gasteiger partial charge is 0.246 e. The van der Waals surface area contributed by atoms with Crippen molar-refractivity contribution in [2.75, 3.05) is 13.1 Å². The summed E-state index contributed by atoms with van der Waals surface area (Å²) in [5.74, 6) is -0.722. The van der Waals surface area contributed by atoms with Gasteiger partial charge in [0.2, 0.25) is 17.7 Å². The molecule has 1 aliphatic heterocycles. The van der Waals surface area contributed by atoms with E-state index in [0.29, 0.717) is 19.4 Å². The SMILES string of the molecule is CCC=CCC=CCC=CCC=CCC=CCC=CCCC(=O)NC(=O)CN1CCCC1=O. The van der Waals surface area contributed by atoms with Crippen molar-refractivity contribution in [2.24, 2.45) is 0 Å². The summed E-state index contributed by atoms with van der Waals surface area (Å²) in [6, 6.07) is 0. The first-order valence-electron chi connectivity index (χ1n) is 12.1. The van der Waals surface area contributed by atoms with E-state index in [4.69, 9.17) is 0 Å². The van der Waals surface area contributed by atoms with Crippen LogP contribution in [0.2, 0.25) is 0 Å². The molecule has 0 atom stereocenters. The summed E-state index contributed by atoms with van der Waals surface area (Å²) in [6.45, 7) is 2.72. The molecule has 5 heteroatoms. The largest absolute Gasteiger partial charge is 0.333 e. The Hall–Kier alpha value is -2.95. The van der Waals surface area contributed by atoms with Crippen LogP contribution in [-0.2, 0) is 14.4 Å². The number of carbonyl (C=O) groups is 3. The highest BCUT2D eigenvalue weighted by atomic mass is 16.2. The Bertz CT molecular complexity index is 757. The van der Waals surface area contributed by atoms with Gasteiger partial charge in [0.25, 0.3) is 0 Å². The highest BCUT2D eigenvalue weighted by molar-refractivity contribution is 5.97. The minimum absolute atomic E-state index is 0.0180. The van der Waals surface area contributed by atoms with E-state index >= 15 is 0 Å². The first-order chi connectivity index (χ1) is 16.1. The molecule has 0 aliphatic carbocycles. The molecule has 3 amide bonds. The molecule has 0 bridgehead atoms. The van der Waals surface area contributed by atoms with Gasteiger partial charge in [-0.3, -0.25) is 19.7 Å². The average molecular weight is 453 g/mol. The molecule has 5 nitrogen and oxygen atoms in total. The topological polar surface area (TPSA) is 66.5 Å². The first-order valence-corrected chi connectivity index (χ1v) is 12.1. The molecule has 0 spiro atoms. The molecule has 1 saturated heterocycles. The van der Waals surface area contributed by atoms with Crippen LogP contribution in [0.3, 0.4) is 0 Å². The zero-order valence-electron chi connectivity index (χ0n) is 20.1. The van der Waals surface area contributed by atoms with Gasteiger partial charge in [0.15, 0.2) is 0 Å². The lowest BCUT2D eigenvalue weighted by atomic mass is 10.2. The number of hydrogen-bond acceptors (Lipinski definition) is 3. The Morgan fingerprint density at radius 1 is 0.758 bits per heavy atom. The van der Waals surface area contributed by atoms with Crippen LogP contribution in [0.25, 0.3) is 0 Å². The maximum Gasteiger partial charge on any atom is 0.246 e. The van der Waals surface area contributed by atoms with Gasteiger partial charge in [-0.05, 0) is 51.4 Å². The molecule has 0 saturated carbocycles. The fourth-order valence-corrected chi connectivity index (χ4v) is 3.16.